The van der Waals surface area contributed by atoms with Crippen molar-refractivity contribution in [3.63, 3.8) is 0 Å². The molecule has 0 bridgehead atoms. The van der Waals surface area contributed by atoms with Crippen LogP contribution in [0.2, 0.25) is 5.02 Å². The van der Waals surface area contributed by atoms with Crippen LogP contribution in [0.25, 0.3) is 0 Å². The maximum Gasteiger partial charge on any atom is 0.0571 e. The molecule has 2 rings (SSSR count). The Morgan fingerprint density at radius 1 is 1.27 bits per heavy atom. The minimum absolute atomic E-state index is 0.113. The molecule has 2 heteroatoms. The molecule has 0 heterocycles. The van der Waals surface area contributed by atoms with E-state index in [0.717, 1.165) is 24.3 Å². The number of halogens is 1. The first-order valence-corrected chi connectivity index (χ1v) is 6.06. The monoisotopic (exact) mass is 224 g/mol. The molecule has 82 valence electrons. The third kappa shape index (κ3) is 2.96. The summed E-state index contributed by atoms with van der Waals surface area (Å²) in [5.74, 6) is 0.428. The van der Waals surface area contributed by atoms with Crippen LogP contribution in [0, 0.1) is 5.92 Å². The van der Waals surface area contributed by atoms with Gasteiger partial charge in [-0.25, -0.2) is 0 Å². The van der Waals surface area contributed by atoms with E-state index in [1.807, 2.05) is 18.2 Å². The Kier molecular flexibility index (Phi) is 3.66. The Balaban J connectivity index is 2.01. The lowest BCUT2D eigenvalue weighted by molar-refractivity contribution is 0.0700. The molecule has 1 aliphatic carbocycles. The molecule has 1 N–H and O–H groups in total. The molecule has 15 heavy (non-hydrogen) atoms. The van der Waals surface area contributed by atoms with Crippen molar-refractivity contribution in [2.24, 2.45) is 5.92 Å². The molecule has 1 saturated carbocycles. The fourth-order valence-electron chi connectivity index (χ4n) is 2.39. The Bertz CT molecular complexity index is 324. The van der Waals surface area contributed by atoms with Crippen LogP contribution in [-0.4, -0.2) is 11.2 Å². The zero-order valence-electron chi connectivity index (χ0n) is 8.82. The Morgan fingerprint density at radius 3 is 2.80 bits per heavy atom. The summed E-state index contributed by atoms with van der Waals surface area (Å²) in [6.07, 6.45) is 5.38. The number of rotatable bonds is 2. The maximum absolute atomic E-state index is 9.87. The van der Waals surface area contributed by atoms with Crippen LogP contribution < -0.4 is 0 Å². The van der Waals surface area contributed by atoms with Crippen molar-refractivity contribution in [2.75, 3.05) is 0 Å². The molecule has 0 radical (unpaired) electrons. The molecular weight excluding hydrogens is 208 g/mol. The molecule has 1 nitrogen and oxygen atoms in total. The van der Waals surface area contributed by atoms with Crippen molar-refractivity contribution in [1.29, 1.82) is 0 Å². The molecule has 0 saturated heterocycles. The van der Waals surface area contributed by atoms with Gasteiger partial charge in [0.25, 0.3) is 0 Å². The van der Waals surface area contributed by atoms with Gasteiger partial charge in [0.15, 0.2) is 0 Å². The van der Waals surface area contributed by atoms with Gasteiger partial charge < -0.3 is 5.11 Å². The SMILES string of the molecule is OC1CCCCC1Cc1cccc(Cl)c1. The van der Waals surface area contributed by atoms with Crippen molar-refractivity contribution in [3.8, 4) is 0 Å². The average Bonchev–Trinajstić information content (AvgIpc) is 2.22. The van der Waals surface area contributed by atoms with Gasteiger partial charge in [0.05, 0.1) is 6.10 Å². The van der Waals surface area contributed by atoms with Crippen LogP contribution in [-0.2, 0) is 6.42 Å². The first kappa shape index (κ1) is 11.0. The molecule has 1 fully saturated rings. The number of hydrogen-bond donors (Lipinski definition) is 1. The number of aliphatic hydroxyl groups is 1. The lowest BCUT2D eigenvalue weighted by atomic mass is 9.82. The van der Waals surface area contributed by atoms with Crippen LogP contribution in [0.15, 0.2) is 24.3 Å². The number of benzene rings is 1. The number of hydrogen-bond acceptors (Lipinski definition) is 1. The van der Waals surface area contributed by atoms with E-state index in [0.29, 0.717) is 5.92 Å². The summed E-state index contributed by atoms with van der Waals surface area (Å²) in [5, 5.41) is 10.7. The third-order valence-electron chi connectivity index (χ3n) is 3.26. The quantitative estimate of drug-likeness (QED) is 0.816. The standard InChI is InChI=1S/C13H17ClO/c14-12-6-3-4-10(9-12)8-11-5-1-2-7-13(11)15/h3-4,6,9,11,13,15H,1-2,5,7-8H2. The maximum atomic E-state index is 9.87. The van der Waals surface area contributed by atoms with Gasteiger partial charge in [0, 0.05) is 5.02 Å². The van der Waals surface area contributed by atoms with Crippen molar-refractivity contribution >= 4 is 11.6 Å². The second-order valence-corrected chi connectivity index (χ2v) is 4.88. The van der Waals surface area contributed by atoms with Crippen LogP contribution in [0.4, 0.5) is 0 Å². The molecule has 1 aliphatic rings. The molecule has 0 spiro atoms. The highest BCUT2D eigenvalue weighted by Gasteiger charge is 2.22. The molecule has 0 aromatic heterocycles. The lowest BCUT2D eigenvalue weighted by Gasteiger charge is -2.27. The zero-order valence-corrected chi connectivity index (χ0v) is 9.58. The molecule has 2 atom stereocenters. The predicted molar refractivity (Wildman–Crippen MR) is 63.1 cm³/mol. The summed E-state index contributed by atoms with van der Waals surface area (Å²) in [7, 11) is 0. The van der Waals surface area contributed by atoms with Gasteiger partial charge in [-0.05, 0) is 42.9 Å². The van der Waals surface area contributed by atoms with Gasteiger partial charge in [-0.15, -0.1) is 0 Å². The lowest BCUT2D eigenvalue weighted by Crippen LogP contribution is -2.26. The first-order chi connectivity index (χ1) is 7.25. The fraction of sp³-hybridized carbons (Fsp3) is 0.538. The molecule has 1 aromatic rings. The topological polar surface area (TPSA) is 20.2 Å². The summed E-state index contributed by atoms with van der Waals surface area (Å²) in [5.41, 5.74) is 1.24. The van der Waals surface area contributed by atoms with E-state index in [9.17, 15) is 5.11 Å². The predicted octanol–water partition coefficient (Wildman–Crippen LogP) is 3.43. The zero-order chi connectivity index (χ0) is 10.7. The van der Waals surface area contributed by atoms with Crippen LogP contribution >= 0.6 is 11.6 Å². The van der Waals surface area contributed by atoms with Crippen LogP contribution in [0.5, 0.6) is 0 Å². The Labute approximate surface area is 96.1 Å². The van der Waals surface area contributed by atoms with Crippen molar-refractivity contribution in [2.45, 2.75) is 38.2 Å². The van der Waals surface area contributed by atoms with Gasteiger partial charge in [0.2, 0.25) is 0 Å². The van der Waals surface area contributed by atoms with Gasteiger partial charge in [0.1, 0.15) is 0 Å². The van der Waals surface area contributed by atoms with Gasteiger partial charge in [-0.1, -0.05) is 36.6 Å². The van der Waals surface area contributed by atoms with Gasteiger partial charge in [-0.2, -0.15) is 0 Å². The molecular formula is C13H17ClO. The second kappa shape index (κ2) is 5.00. The van der Waals surface area contributed by atoms with Gasteiger partial charge in [-0.3, -0.25) is 0 Å². The smallest absolute Gasteiger partial charge is 0.0571 e. The highest BCUT2D eigenvalue weighted by molar-refractivity contribution is 6.30. The van der Waals surface area contributed by atoms with Gasteiger partial charge >= 0.3 is 0 Å². The second-order valence-electron chi connectivity index (χ2n) is 4.45. The Hall–Kier alpha value is -0.530. The third-order valence-corrected chi connectivity index (χ3v) is 3.49. The fourth-order valence-corrected chi connectivity index (χ4v) is 2.61. The van der Waals surface area contributed by atoms with Crippen LogP contribution in [0.1, 0.15) is 31.2 Å². The van der Waals surface area contributed by atoms with E-state index in [-0.39, 0.29) is 6.10 Å². The minimum Gasteiger partial charge on any atom is -0.393 e. The van der Waals surface area contributed by atoms with Crippen LogP contribution in [0.3, 0.4) is 0 Å². The summed E-state index contributed by atoms with van der Waals surface area (Å²) in [6.45, 7) is 0. The van der Waals surface area contributed by atoms with E-state index in [2.05, 4.69) is 6.07 Å². The molecule has 1 aromatic carbocycles. The van der Waals surface area contributed by atoms with E-state index in [1.165, 1.54) is 18.4 Å². The normalized spacial score (nSPS) is 26.5. The minimum atomic E-state index is -0.113. The highest BCUT2D eigenvalue weighted by Crippen LogP contribution is 2.27. The molecule has 2 unspecified atom stereocenters. The largest absolute Gasteiger partial charge is 0.393 e. The number of aliphatic hydroxyl groups excluding tert-OH is 1. The molecule has 0 aliphatic heterocycles. The van der Waals surface area contributed by atoms with Crippen molar-refractivity contribution in [3.05, 3.63) is 34.9 Å². The van der Waals surface area contributed by atoms with E-state index in [1.54, 1.807) is 0 Å². The van der Waals surface area contributed by atoms with Crippen molar-refractivity contribution < 1.29 is 5.11 Å². The summed E-state index contributed by atoms with van der Waals surface area (Å²) >= 11 is 5.94. The van der Waals surface area contributed by atoms with E-state index >= 15 is 0 Å². The average molecular weight is 225 g/mol. The van der Waals surface area contributed by atoms with Crippen molar-refractivity contribution in [1.82, 2.24) is 0 Å². The highest BCUT2D eigenvalue weighted by atomic mass is 35.5. The summed E-state index contributed by atoms with van der Waals surface area (Å²) in [4.78, 5) is 0. The van der Waals surface area contributed by atoms with E-state index < -0.39 is 0 Å². The summed E-state index contributed by atoms with van der Waals surface area (Å²) < 4.78 is 0. The Morgan fingerprint density at radius 2 is 2.07 bits per heavy atom. The summed E-state index contributed by atoms with van der Waals surface area (Å²) in [6, 6.07) is 7.96. The molecule has 0 amide bonds. The van der Waals surface area contributed by atoms with E-state index in [4.69, 9.17) is 11.6 Å². The first-order valence-electron chi connectivity index (χ1n) is 5.68.